The van der Waals surface area contributed by atoms with E-state index < -0.39 is 34.8 Å². The Balaban J connectivity index is 0.844. The third kappa shape index (κ3) is 5.63. The van der Waals surface area contributed by atoms with Crippen LogP contribution in [0.2, 0.25) is 0 Å². The highest BCUT2D eigenvalue weighted by Gasteiger charge is 2.50. The zero-order valence-corrected chi connectivity index (χ0v) is 27.6. The van der Waals surface area contributed by atoms with Crippen molar-refractivity contribution in [2.75, 3.05) is 0 Å². The van der Waals surface area contributed by atoms with Gasteiger partial charge in [-0.25, -0.2) is 0 Å². The van der Waals surface area contributed by atoms with Crippen molar-refractivity contribution in [3.63, 3.8) is 0 Å². The van der Waals surface area contributed by atoms with E-state index in [2.05, 4.69) is 10.6 Å². The highest BCUT2D eigenvalue weighted by atomic mass is 19.2. The lowest BCUT2D eigenvalue weighted by atomic mass is 9.54. The van der Waals surface area contributed by atoms with Crippen molar-refractivity contribution in [2.24, 2.45) is 47.3 Å². The summed E-state index contributed by atoms with van der Waals surface area (Å²) in [6, 6.07) is 11.4. The summed E-state index contributed by atoms with van der Waals surface area (Å²) >= 11 is 0. The molecular weight excluding hydrogens is 648 g/mol. The average Bonchev–Trinajstić information content (AvgIpc) is 3.10. The topological polar surface area (TPSA) is 76.7 Å². The van der Waals surface area contributed by atoms with Crippen LogP contribution in [0.1, 0.15) is 84.9 Å². The van der Waals surface area contributed by atoms with E-state index in [1.54, 1.807) is 0 Å². The second-order valence-electron chi connectivity index (χ2n) is 16.0. The van der Waals surface area contributed by atoms with Gasteiger partial charge in [-0.3, -0.25) is 9.59 Å². The van der Waals surface area contributed by atoms with E-state index in [9.17, 15) is 9.59 Å². The summed E-state index contributed by atoms with van der Waals surface area (Å²) in [6.07, 6.45) is 11.9. The lowest BCUT2D eigenvalue weighted by molar-refractivity contribution is -0.0119. The first kappa shape index (κ1) is 31.9. The van der Waals surface area contributed by atoms with Crippen molar-refractivity contribution in [3.05, 3.63) is 82.9 Å². The maximum absolute atomic E-state index is 15.1. The van der Waals surface area contributed by atoms with Crippen molar-refractivity contribution in [1.29, 1.82) is 0 Å². The van der Waals surface area contributed by atoms with E-state index in [0.717, 1.165) is 75.0 Å². The third-order valence-electron chi connectivity index (χ3n) is 12.9. The van der Waals surface area contributed by atoms with E-state index in [1.165, 1.54) is 61.4 Å². The van der Waals surface area contributed by atoms with Gasteiger partial charge in [-0.15, -0.1) is 0 Å². The molecule has 8 aliphatic rings. The van der Waals surface area contributed by atoms with E-state index in [-0.39, 0.29) is 35.4 Å². The summed E-state index contributed by atoms with van der Waals surface area (Å²) < 4.78 is 71.0. The smallest absolute Gasteiger partial charge is 0.251 e. The number of carbonyl (C=O) groups is 2. The molecule has 3 aromatic rings. The second-order valence-corrected chi connectivity index (χ2v) is 16.0. The zero-order chi connectivity index (χ0) is 34.3. The maximum atomic E-state index is 15.1. The number of rotatable bonds is 8. The molecule has 0 aliphatic heterocycles. The molecule has 8 fully saturated rings. The minimum atomic E-state index is -1.77. The van der Waals surface area contributed by atoms with Gasteiger partial charge < -0.3 is 20.1 Å². The fourth-order valence-corrected chi connectivity index (χ4v) is 11.1. The molecule has 3 aromatic carbocycles. The number of hydrogen-bond donors (Lipinski definition) is 2. The Morgan fingerprint density at radius 1 is 0.460 bits per heavy atom. The molecule has 0 unspecified atom stereocenters. The Hall–Kier alpha value is -4.08. The van der Waals surface area contributed by atoms with Crippen LogP contribution in [-0.2, 0) is 0 Å². The van der Waals surface area contributed by atoms with Crippen molar-refractivity contribution in [2.45, 2.75) is 76.3 Å². The van der Waals surface area contributed by atoms with Gasteiger partial charge in [0.15, 0.2) is 0 Å². The lowest BCUT2D eigenvalue weighted by Crippen LogP contribution is -2.55. The number of nitrogens with one attached hydrogen (secondary N) is 2. The predicted molar refractivity (Wildman–Crippen MR) is 176 cm³/mol. The summed E-state index contributed by atoms with van der Waals surface area (Å²) in [5.41, 5.74) is 0.703. The fourth-order valence-electron chi connectivity index (χ4n) is 11.1. The van der Waals surface area contributed by atoms with Crippen LogP contribution >= 0.6 is 0 Å². The minimum absolute atomic E-state index is 0.107. The molecule has 8 bridgehead atoms. The van der Waals surface area contributed by atoms with Crippen LogP contribution in [0.4, 0.5) is 17.6 Å². The molecular formula is C40H40F4N2O4. The van der Waals surface area contributed by atoms with Gasteiger partial charge in [0.1, 0.15) is 11.5 Å². The van der Waals surface area contributed by atoms with Crippen LogP contribution in [-0.4, -0.2) is 23.9 Å². The average molecular weight is 689 g/mol. The highest BCUT2D eigenvalue weighted by molar-refractivity contribution is 5.95. The van der Waals surface area contributed by atoms with Crippen LogP contribution < -0.4 is 20.1 Å². The van der Waals surface area contributed by atoms with Crippen LogP contribution in [0, 0.1) is 70.6 Å². The number of hydrogen-bond acceptors (Lipinski definition) is 4. The predicted octanol–water partition coefficient (Wildman–Crippen LogP) is 8.94. The Kier molecular flexibility index (Phi) is 7.84. The number of ether oxygens (including phenoxy) is 2. The summed E-state index contributed by atoms with van der Waals surface area (Å²) in [7, 11) is 0. The van der Waals surface area contributed by atoms with Crippen LogP contribution in [0.15, 0.2) is 48.5 Å². The van der Waals surface area contributed by atoms with Crippen LogP contribution in [0.5, 0.6) is 23.0 Å². The quantitative estimate of drug-likeness (QED) is 0.183. The summed E-state index contributed by atoms with van der Waals surface area (Å²) in [5.74, 6) is -5.18. The van der Waals surface area contributed by atoms with E-state index >= 15 is 17.6 Å². The molecule has 8 aliphatic carbocycles. The van der Waals surface area contributed by atoms with Gasteiger partial charge in [0.05, 0.1) is 0 Å². The lowest BCUT2D eigenvalue weighted by Gasteiger charge is -2.54. The Morgan fingerprint density at radius 3 is 1.02 bits per heavy atom. The Morgan fingerprint density at radius 2 is 0.740 bits per heavy atom. The number of carbonyl (C=O) groups excluding carboxylic acids is 2. The normalized spacial score (nSPS) is 33.0. The molecule has 11 rings (SSSR count). The first-order chi connectivity index (χ1) is 24.2. The largest absolute Gasteiger partial charge is 0.451 e. The molecule has 10 heteroatoms. The SMILES string of the molecule is O=C(NC1C2CC3CC(C2)CC1C3)c1ccc(Oc2c(F)c(F)c(Oc3ccc(C(=O)NC4C5CC6CC(C5)CC4C6)cc3)c(F)c2F)cc1. The van der Waals surface area contributed by atoms with Crippen LogP contribution in [0.25, 0.3) is 0 Å². The first-order valence-electron chi connectivity index (χ1n) is 18.2. The summed E-state index contributed by atoms with van der Waals surface area (Å²) in [6.45, 7) is 0. The third-order valence-corrected chi connectivity index (χ3v) is 12.9. The molecule has 0 aromatic heterocycles. The molecule has 0 saturated heterocycles. The molecule has 0 atom stereocenters. The monoisotopic (exact) mass is 688 g/mol. The van der Waals surface area contributed by atoms with Gasteiger partial charge in [-0.2, -0.15) is 17.6 Å². The summed E-state index contributed by atoms with van der Waals surface area (Å²) in [5, 5.41) is 6.42. The van der Waals surface area contributed by atoms with Crippen molar-refractivity contribution in [3.8, 4) is 23.0 Å². The molecule has 0 radical (unpaired) electrons. The van der Waals surface area contributed by atoms with Crippen molar-refractivity contribution in [1.82, 2.24) is 10.6 Å². The second kappa shape index (κ2) is 12.3. The van der Waals surface area contributed by atoms with Gasteiger partial charge in [-0.05, 0) is 160 Å². The Labute approximate surface area is 288 Å². The minimum Gasteiger partial charge on any atom is -0.451 e. The number of amides is 2. The zero-order valence-electron chi connectivity index (χ0n) is 27.6. The molecule has 2 N–H and O–H groups in total. The fraction of sp³-hybridized carbons (Fsp3) is 0.500. The highest BCUT2D eigenvalue weighted by Crippen LogP contribution is 2.55. The Bertz CT molecular complexity index is 1610. The molecule has 8 saturated carbocycles. The standard InChI is InChI=1S/C40H40F4N2O4/c41-31-33(43)38(50-30-7-3-24(4-8-30)40(48)46-36-27-15-21-10-22(17-27)18-28(36)16-21)34(44)32(42)37(31)49-29-5-1-23(2-6-29)39(47)45-35-25-11-19-9-20(13-25)14-26(35)12-19/h1-8,19-22,25-28,35-36H,9-18H2,(H,45,47)(H,46,48). The first-order valence-corrected chi connectivity index (χ1v) is 18.2. The van der Waals surface area contributed by atoms with Crippen LogP contribution in [0.3, 0.4) is 0 Å². The van der Waals surface area contributed by atoms with Gasteiger partial charge in [0, 0.05) is 23.2 Å². The molecule has 2 amide bonds. The number of benzene rings is 3. The van der Waals surface area contributed by atoms with E-state index in [0.29, 0.717) is 34.8 Å². The molecule has 0 heterocycles. The van der Waals surface area contributed by atoms with E-state index in [4.69, 9.17) is 9.47 Å². The van der Waals surface area contributed by atoms with E-state index in [1.807, 2.05) is 0 Å². The maximum Gasteiger partial charge on any atom is 0.251 e. The molecule has 6 nitrogen and oxygen atoms in total. The molecule has 262 valence electrons. The summed E-state index contributed by atoms with van der Waals surface area (Å²) in [4.78, 5) is 26.1. The van der Waals surface area contributed by atoms with Crippen molar-refractivity contribution >= 4 is 11.8 Å². The van der Waals surface area contributed by atoms with Gasteiger partial charge >= 0.3 is 0 Å². The number of halogens is 4. The molecule has 50 heavy (non-hydrogen) atoms. The van der Waals surface area contributed by atoms with Gasteiger partial charge in [0.2, 0.25) is 34.8 Å². The van der Waals surface area contributed by atoms with Gasteiger partial charge in [-0.1, -0.05) is 0 Å². The molecule has 0 spiro atoms. The van der Waals surface area contributed by atoms with Crippen molar-refractivity contribution < 1.29 is 36.6 Å². The van der Waals surface area contributed by atoms with Gasteiger partial charge in [0.25, 0.3) is 11.8 Å².